The fourth-order valence-corrected chi connectivity index (χ4v) is 4.31. The molecule has 0 atom stereocenters. The zero-order chi connectivity index (χ0) is 23.6. The van der Waals surface area contributed by atoms with Gasteiger partial charge in [0.05, 0.1) is 5.92 Å². The van der Waals surface area contributed by atoms with Crippen LogP contribution in [0.3, 0.4) is 0 Å². The molecule has 170 valence electrons. The summed E-state index contributed by atoms with van der Waals surface area (Å²) in [5.41, 5.74) is 5.59. The lowest BCUT2D eigenvalue weighted by atomic mass is 9.89. The van der Waals surface area contributed by atoms with Crippen LogP contribution in [0.4, 0.5) is 0 Å². The summed E-state index contributed by atoms with van der Waals surface area (Å²) in [6.45, 7) is 3.37. The van der Waals surface area contributed by atoms with Gasteiger partial charge in [-0.3, -0.25) is 4.79 Å². The lowest BCUT2D eigenvalue weighted by molar-refractivity contribution is -0.131. The van der Waals surface area contributed by atoms with E-state index in [1.165, 1.54) is 5.56 Å². The highest BCUT2D eigenvalue weighted by Crippen LogP contribution is 2.27. The van der Waals surface area contributed by atoms with Gasteiger partial charge in [-0.05, 0) is 35.6 Å². The van der Waals surface area contributed by atoms with Crippen molar-refractivity contribution in [1.82, 2.24) is 4.90 Å². The SMILES string of the molecule is C/C(=C\c1ccccc1)CN(CCc1ccccc1)C(=O)C(c1ccccc1)c1ccccc1. The molecule has 2 heteroatoms. The molecular formula is C32H31NO. The summed E-state index contributed by atoms with van der Waals surface area (Å²) in [6.07, 6.45) is 2.99. The lowest BCUT2D eigenvalue weighted by Gasteiger charge is -2.29. The van der Waals surface area contributed by atoms with Crippen molar-refractivity contribution >= 4 is 12.0 Å². The summed E-state index contributed by atoms with van der Waals surface area (Å²) in [6, 6.07) is 40.9. The average molecular weight is 446 g/mol. The van der Waals surface area contributed by atoms with E-state index in [4.69, 9.17) is 0 Å². The van der Waals surface area contributed by atoms with Crippen molar-refractivity contribution in [3.63, 3.8) is 0 Å². The minimum absolute atomic E-state index is 0.133. The van der Waals surface area contributed by atoms with Crippen LogP contribution in [0.2, 0.25) is 0 Å². The molecule has 0 aliphatic carbocycles. The summed E-state index contributed by atoms with van der Waals surface area (Å²) < 4.78 is 0. The van der Waals surface area contributed by atoms with Crippen molar-refractivity contribution in [2.24, 2.45) is 0 Å². The largest absolute Gasteiger partial charge is 0.338 e. The summed E-state index contributed by atoms with van der Waals surface area (Å²) in [5.74, 6) is -0.197. The summed E-state index contributed by atoms with van der Waals surface area (Å²) in [4.78, 5) is 16.2. The Bertz CT molecular complexity index is 1150. The van der Waals surface area contributed by atoms with Gasteiger partial charge in [0.2, 0.25) is 5.91 Å². The molecule has 4 rings (SSSR count). The number of rotatable bonds is 9. The van der Waals surface area contributed by atoms with Crippen molar-refractivity contribution < 1.29 is 4.79 Å². The molecule has 0 bridgehead atoms. The molecule has 0 fully saturated rings. The minimum Gasteiger partial charge on any atom is -0.338 e. The van der Waals surface area contributed by atoms with Crippen LogP contribution in [0.15, 0.2) is 127 Å². The monoisotopic (exact) mass is 445 g/mol. The van der Waals surface area contributed by atoms with Crippen LogP contribution in [0.25, 0.3) is 6.08 Å². The van der Waals surface area contributed by atoms with E-state index in [9.17, 15) is 4.79 Å². The van der Waals surface area contributed by atoms with Crippen LogP contribution in [0.5, 0.6) is 0 Å². The van der Waals surface area contributed by atoms with E-state index in [1.807, 2.05) is 65.6 Å². The second-order valence-corrected chi connectivity index (χ2v) is 8.65. The number of nitrogens with zero attached hydrogens (tertiary/aromatic N) is 1. The average Bonchev–Trinajstić information content (AvgIpc) is 2.89. The Kier molecular flexibility index (Phi) is 8.08. The summed E-state index contributed by atoms with van der Waals surface area (Å²) in [7, 11) is 0. The second kappa shape index (κ2) is 11.8. The van der Waals surface area contributed by atoms with Crippen LogP contribution in [-0.4, -0.2) is 23.9 Å². The highest BCUT2D eigenvalue weighted by molar-refractivity contribution is 5.87. The molecule has 0 aromatic heterocycles. The van der Waals surface area contributed by atoms with Gasteiger partial charge in [0.25, 0.3) is 0 Å². The smallest absolute Gasteiger partial charge is 0.234 e. The summed E-state index contributed by atoms with van der Waals surface area (Å²) in [5, 5.41) is 0. The summed E-state index contributed by atoms with van der Waals surface area (Å²) >= 11 is 0. The van der Waals surface area contributed by atoms with Gasteiger partial charge < -0.3 is 4.90 Å². The molecule has 0 aliphatic heterocycles. The standard InChI is InChI=1S/C32H31NO/c1-26(24-28-16-8-3-9-17-28)25-33(23-22-27-14-6-2-7-15-27)32(34)31(29-18-10-4-11-19-29)30-20-12-5-13-21-30/h2-21,24,31H,22-23,25H2,1H3/b26-24+. The Balaban J connectivity index is 1.65. The maximum Gasteiger partial charge on any atom is 0.234 e. The van der Waals surface area contributed by atoms with Gasteiger partial charge in [-0.1, -0.05) is 133 Å². The zero-order valence-electron chi connectivity index (χ0n) is 19.7. The predicted molar refractivity (Wildman–Crippen MR) is 142 cm³/mol. The number of benzene rings is 4. The topological polar surface area (TPSA) is 20.3 Å². The van der Waals surface area contributed by atoms with E-state index in [0.717, 1.165) is 28.7 Å². The van der Waals surface area contributed by atoms with Gasteiger partial charge >= 0.3 is 0 Å². The third kappa shape index (κ3) is 6.32. The Morgan fingerprint density at radius 1 is 0.706 bits per heavy atom. The number of carbonyl (C=O) groups is 1. The first-order chi connectivity index (χ1) is 16.7. The van der Waals surface area contributed by atoms with E-state index in [0.29, 0.717) is 13.1 Å². The van der Waals surface area contributed by atoms with Gasteiger partial charge in [0.1, 0.15) is 0 Å². The van der Waals surface area contributed by atoms with Crippen LogP contribution in [0, 0.1) is 0 Å². The fourth-order valence-electron chi connectivity index (χ4n) is 4.31. The molecule has 0 spiro atoms. The van der Waals surface area contributed by atoms with E-state index < -0.39 is 0 Å². The highest BCUT2D eigenvalue weighted by atomic mass is 16.2. The molecule has 0 N–H and O–H groups in total. The Morgan fingerprint density at radius 2 is 1.18 bits per heavy atom. The predicted octanol–water partition coefficient (Wildman–Crippen LogP) is 6.99. The van der Waals surface area contributed by atoms with Crippen molar-refractivity contribution in [1.29, 1.82) is 0 Å². The van der Waals surface area contributed by atoms with E-state index in [2.05, 4.69) is 73.7 Å². The van der Waals surface area contributed by atoms with Crippen molar-refractivity contribution in [2.45, 2.75) is 19.3 Å². The normalized spacial score (nSPS) is 11.4. The fraction of sp³-hybridized carbons (Fsp3) is 0.156. The van der Waals surface area contributed by atoms with Crippen LogP contribution < -0.4 is 0 Å². The molecule has 4 aromatic carbocycles. The van der Waals surface area contributed by atoms with Gasteiger partial charge in [-0.15, -0.1) is 0 Å². The molecule has 0 radical (unpaired) electrons. The molecule has 1 amide bonds. The quantitative estimate of drug-likeness (QED) is 0.272. The number of carbonyl (C=O) groups excluding carboxylic acids is 1. The Morgan fingerprint density at radius 3 is 1.71 bits per heavy atom. The van der Waals surface area contributed by atoms with Crippen molar-refractivity contribution in [3.05, 3.63) is 149 Å². The maximum atomic E-state index is 14.2. The van der Waals surface area contributed by atoms with Crippen LogP contribution in [-0.2, 0) is 11.2 Å². The molecule has 4 aromatic rings. The first kappa shape index (κ1) is 23.3. The molecule has 0 saturated carbocycles. The molecule has 0 aliphatic rings. The third-order valence-electron chi connectivity index (χ3n) is 5.99. The first-order valence-electron chi connectivity index (χ1n) is 11.9. The van der Waals surface area contributed by atoms with E-state index in [1.54, 1.807) is 0 Å². The van der Waals surface area contributed by atoms with Crippen molar-refractivity contribution in [3.8, 4) is 0 Å². The minimum atomic E-state index is -0.331. The number of amides is 1. The van der Waals surface area contributed by atoms with Crippen LogP contribution in [0.1, 0.15) is 35.1 Å². The Hall–Kier alpha value is -3.91. The first-order valence-corrected chi connectivity index (χ1v) is 11.9. The maximum absolute atomic E-state index is 14.2. The third-order valence-corrected chi connectivity index (χ3v) is 5.99. The molecule has 2 nitrogen and oxygen atoms in total. The molecule has 0 saturated heterocycles. The molecule has 34 heavy (non-hydrogen) atoms. The van der Waals surface area contributed by atoms with Gasteiger partial charge in [-0.2, -0.15) is 0 Å². The zero-order valence-corrected chi connectivity index (χ0v) is 19.7. The second-order valence-electron chi connectivity index (χ2n) is 8.65. The Labute approximate surface area is 203 Å². The lowest BCUT2D eigenvalue weighted by Crippen LogP contribution is -2.38. The molecular weight excluding hydrogens is 414 g/mol. The van der Waals surface area contributed by atoms with Gasteiger partial charge in [0.15, 0.2) is 0 Å². The van der Waals surface area contributed by atoms with E-state index in [-0.39, 0.29) is 11.8 Å². The van der Waals surface area contributed by atoms with Gasteiger partial charge in [-0.25, -0.2) is 0 Å². The van der Waals surface area contributed by atoms with Crippen LogP contribution >= 0.6 is 0 Å². The number of hydrogen-bond acceptors (Lipinski definition) is 1. The van der Waals surface area contributed by atoms with Gasteiger partial charge in [0, 0.05) is 13.1 Å². The number of hydrogen-bond donors (Lipinski definition) is 0. The molecule has 0 unspecified atom stereocenters. The molecule has 0 heterocycles. The van der Waals surface area contributed by atoms with Crippen molar-refractivity contribution in [2.75, 3.05) is 13.1 Å². The van der Waals surface area contributed by atoms with E-state index >= 15 is 0 Å². The highest BCUT2D eigenvalue weighted by Gasteiger charge is 2.27.